The predicted octanol–water partition coefficient (Wildman–Crippen LogP) is 5.74. The molecule has 108 valence electrons. The van der Waals surface area contributed by atoms with E-state index in [2.05, 4.69) is 18.3 Å². The third-order valence-corrected chi connectivity index (χ3v) is 6.21. The first-order chi connectivity index (χ1) is 10.1. The molecule has 0 fully saturated rings. The molecule has 0 aliphatic heterocycles. The zero-order valence-corrected chi connectivity index (χ0v) is 14.1. The second-order valence-electron chi connectivity index (χ2n) is 4.84. The van der Waals surface area contributed by atoms with Crippen LogP contribution in [0.2, 0.25) is 5.02 Å². The highest BCUT2D eigenvalue weighted by Gasteiger charge is 2.13. The van der Waals surface area contributed by atoms with Crippen molar-refractivity contribution in [2.24, 2.45) is 0 Å². The van der Waals surface area contributed by atoms with Gasteiger partial charge in [0.25, 0.3) is 5.91 Å². The molecule has 2 aromatic heterocycles. The average Bonchev–Trinajstić information content (AvgIpc) is 3.00. The monoisotopic (exact) mass is 335 g/mol. The number of hydrogen-bond donors (Lipinski definition) is 1. The van der Waals surface area contributed by atoms with Gasteiger partial charge in [0.2, 0.25) is 0 Å². The molecule has 0 saturated carbocycles. The van der Waals surface area contributed by atoms with E-state index in [1.54, 1.807) is 28.7 Å². The molecule has 0 unspecified atom stereocenters. The number of nitrogens with one attached hydrogen (secondary N) is 1. The Bertz CT molecular complexity index is 787. The maximum atomic E-state index is 12.3. The van der Waals surface area contributed by atoms with Gasteiger partial charge in [-0.1, -0.05) is 24.6 Å². The Balaban J connectivity index is 1.82. The van der Waals surface area contributed by atoms with Crippen LogP contribution >= 0.6 is 34.3 Å². The molecule has 0 saturated heterocycles. The van der Waals surface area contributed by atoms with Crippen LogP contribution in [-0.2, 0) is 6.42 Å². The first-order valence-electron chi connectivity index (χ1n) is 6.66. The highest BCUT2D eigenvalue weighted by molar-refractivity contribution is 7.39. The van der Waals surface area contributed by atoms with E-state index in [-0.39, 0.29) is 5.91 Å². The number of anilines is 1. The minimum Gasteiger partial charge on any atom is -0.321 e. The number of aryl methyl sites for hydroxylation is 2. The number of halogens is 1. The standard InChI is InChI=1S/C16H14ClNOS2/c1-3-12-6-10-7-14(21-16(10)20-12)15(19)18-11-5-4-9(2)13(17)8-11/h4-8H,3H2,1-2H3,(H,18,19). The lowest BCUT2D eigenvalue weighted by Crippen LogP contribution is -2.09. The summed E-state index contributed by atoms with van der Waals surface area (Å²) in [7, 11) is 0. The van der Waals surface area contributed by atoms with Gasteiger partial charge in [0.15, 0.2) is 0 Å². The van der Waals surface area contributed by atoms with Gasteiger partial charge < -0.3 is 5.32 Å². The lowest BCUT2D eigenvalue weighted by atomic mass is 10.2. The number of thiophene rings is 2. The largest absolute Gasteiger partial charge is 0.321 e. The van der Waals surface area contributed by atoms with E-state index in [1.807, 2.05) is 25.1 Å². The summed E-state index contributed by atoms with van der Waals surface area (Å²) in [6.45, 7) is 4.08. The summed E-state index contributed by atoms with van der Waals surface area (Å²) >= 11 is 9.38. The summed E-state index contributed by atoms with van der Waals surface area (Å²) in [6.07, 6.45) is 1.04. The molecule has 0 aliphatic carbocycles. The van der Waals surface area contributed by atoms with E-state index in [4.69, 9.17) is 11.6 Å². The fraction of sp³-hybridized carbons (Fsp3) is 0.188. The van der Waals surface area contributed by atoms with Crippen molar-refractivity contribution in [3.8, 4) is 0 Å². The van der Waals surface area contributed by atoms with Crippen molar-refractivity contribution in [1.29, 1.82) is 0 Å². The van der Waals surface area contributed by atoms with Gasteiger partial charge in [0.05, 0.1) is 8.89 Å². The quantitative estimate of drug-likeness (QED) is 0.649. The van der Waals surface area contributed by atoms with Crippen molar-refractivity contribution in [3.05, 3.63) is 50.7 Å². The normalized spacial score (nSPS) is 11.0. The summed E-state index contributed by atoms with van der Waals surface area (Å²) in [5.41, 5.74) is 1.72. The number of hydrogen-bond acceptors (Lipinski definition) is 3. The molecule has 0 radical (unpaired) electrons. The molecule has 0 spiro atoms. The van der Waals surface area contributed by atoms with E-state index in [0.717, 1.165) is 27.9 Å². The van der Waals surface area contributed by atoms with E-state index in [1.165, 1.54) is 8.89 Å². The van der Waals surface area contributed by atoms with Gasteiger partial charge in [-0.2, -0.15) is 0 Å². The molecule has 5 heteroatoms. The molecule has 0 atom stereocenters. The molecule has 1 N–H and O–H groups in total. The molecule has 0 bridgehead atoms. The molecular formula is C16H14ClNOS2. The Labute approximate surface area is 136 Å². The van der Waals surface area contributed by atoms with Crippen LogP contribution in [0.5, 0.6) is 0 Å². The number of carbonyl (C=O) groups is 1. The molecule has 2 nitrogen and oxygen atoms in total. The van der Waals surface area contributed by atoms with Crippen molar-refractivity contribution in [2.45, 2.75) is 20.3 Å². The van der Waals surface area contributed by atoms with Gasteiger partial charge in [-0.05, 0) is 43.2 Å². The second kappa shape index (κ2) is 5.79. The summed E-state index contributed by atoms with van der Waals surface area (Å²) in [5.74, 6) is -0.0821. The van der Waals surface area contributed by atoms with Gasteiger partial charge >= 0.3 is 0 Å². The number of rotatable bonds is 3. The zero-order valence-electron chi connectivity index (χ0n) is 11.7. The minimum atomic E-state index is -0.0821. The van der Waals surface area contributed by atoms with Crippen LogP contribution in [0.4, 0.5) is 5.69 Å². The molecule has 1 aromatic carbocycles. The molecule has 2 heterocycles. The third kappa shape index (κ3) is 2.98. The Morgan fingerprint density at radius 3 is 2.71 bits per heavy atom. The topological polar surface area (TPSA) is 29.1 Å². The van der Waals surface area contributed by atoms with Crippen molar-refractivity contribution in [3.63, 3.8) is 0 Å². The SMILES string of the molecule is CCc1cc2cc(C(=O)Nc3ccc(C)c(Cl)c3)sc2s1. The fourth-order valence-electron chi connectivity index (χ4n) is 2.04. The first kappa shape index (κ1) is 14.6. The molecule has 3 aromatic rings. The third-order valence-electron chi connectivity index (χ3n) is 3.27. The van der Waals surface area contributed by atoms with Crippen molar-refractivity contribution < 1.29 is 4.79 Å². The van der Waals surface area contributed by atoms with E-state index in [9.17, 15) is 4.79 Å². The fourth-order valence-corrected chi connectivity index (χ4v) is 4.55. The highest BCUT2D eigenvalue weighted by atomic mass is 35.5. The van der Waals surface area contributed by atoms with E-state index < -0.39 is 0 Å². The Morgan fingerprint density at radius 2 is 2.05 bits per heavy atom. The maximum absolute atomic E-state index is 12.3. The number of carbonyl (C=O) groups excluding carboxylic acids is 1. The van der Waals surface area contributed by atoms with Crippen LogP contribution in [0, 0.1) is 6.92 Å². The maximum Gasteiger partial charge on any atom is 0.265 e. The summed E-state index contributed by atoms with van der Waals surface area (Å²) in [6, 6.07) is 9.67. The van der Waals surface area contributed by atoms with Crippen LogP contribution in [0.1, 0.15) is 27.0 Å². The van der Waals surface area contributed by atoms with Gasteiger partial charge in [0.1, 0.15) is 0 Å². The zero-order chi connectivity index (χ0) is 15.0. The molecule has 1 amide bonds. The predicted molar refractivity (Wildman–Crippen MR) is 93.2 cm³/mol. The summed E-state index contributed by atoms with van der Waals surface area (Å²) in [5, 5.41) is 4.72. The second-order valence-corrected chi connectivity index (χ2v) is 7.69. The van der Waals surface area contributed by atoms with Crippen LogP contribution in [0.15, 0.2) is 30.3 Å². The van der Waals surface area contributed by atoms with Gasteiger partial charge in [0, 0.05) is 21.0 Å². The summed E-state index contributed by atoms with van der Waals surface area (Å²) < 4.78 is 1.21. The number of fused-ring (bicyclic) bond motifs is 1. The van der Waals surface area contributed by atoms with Crippen LogP contribution in [-0.4, -0.2) is 5.91 Å². The lowest BCUT2D eigenvalue weighted by Gasteiger charge is -2.05. The Morgan fingerprint density at radius 1 is 1.24 bits per heavy atom. The molecular weight excluding hydrogens is 322 g/mol. The number of amides is 1. The van der Waals surface area contributed by atoms with Crippen LogP contribution in [0.25, 0.3) is 9.40 Å². The molecule has 0 aliphatic rings. The molecule has 3 rings (SSSR count). The van der Waals surface area contributed by atoms with Crippen molar-refractivity contribution in [2.75, 3.05) is 5.32 Å². The highest BCUT2D eigenvalue weighted by Crippen LogP contribution is 2.34. The van der Waals surface area contributed by atoms with Gasteiger partial charge in [-0.15, -0.1) is 22.7 Å². The van der Waals surface area contributed by atoms with Crippen molar-refractivity contribution in [1.82, 2.24) is 0 Å². The Hall–Kier alpha value is -1.36. The lowest BCUT2D eigenvalue weighted by molar-refractivity contribution is 0.103. The molecule has 21 heavy (non-hydrogen) atoms. The Kier molecular flexibility index (Phi) is 4.02. The van der Waals surface area contributed by atoms with Crippen LogP contribution in [0.3, 0.4) is 0 Å². The summed E-state index contributed by atoms with van der Waals surface area (Å²) in [4.78, 5) is 14.4. The minimum absolute atomic E-state index is 0.0821. The van der Waals surface area contributed by atoms with Gasteiger partial charge in [-0.25, -0.2) is 0 Å². The van der Waals surface area contributed by atoms with E-state index in [0.29, 0.717) is 5.02 Å². The first-order valence-corrected chi connectivity index (χ1v) is 8.67. The average molecular weight is 336 g/mol. The van der Waals surface area contributed by atoms with Gasteiger partial charge in [-0.3, -0.25) is 4.79 Å². The van der Waals surface area contributed by atoms with Crippen LogP contribution < -0.4 is 5.32 Å². The smallest absolute Gasteiger partial charge is 0.265 e. The van der Waals surface area contributed by atoms with E-state index >= 15 is 0 Å². The van der Waals surface area contributed by atoms with Crippen molar-refractivity contribution >= 4 is 55.3 Å². The number of benzene rings is 1.